The van der Waals surface area contributed by atoms with E-state index in [1.807, 2.05) is 41.5 Å². The molecule has 20 heavy (non-hydrogen) atoms. The minimum Gasteiger partial charge on any atom is -0.444 e. The van der Waals surface area contributed by atoms with Crippen LogP contribution in [0, 0.1) is 0 Å². The van der Waals surface area contributed by atoms with Crippen molar-refractivity contribution < 1.29 is 19.0 Å². The smallest absolute Gasteiger partial charge is 0.407 e. The van der Waals surface area contributed by atoms with Crippen molar-refractivity contribution in [1.29, 1.82) is 0 Å². The van der Waals surface area contributed by atoms with E-state index in [-0.39, 0.29) is 5.60 Å². The Morgan fingerprint density at radius 3 is 2.10 bits per heavy atom. The number of ether oxygens (including phenoxy) is 3. The molecule has 0 aliphatic rings. The number of carbonyl (C=O) groups excluding carboxylic acids is 1. The average molecular weight is 354 g/mol. The van der Waals surface area contributed by atoms with Crippen LogP contribution in [0.3, 0.4) is 0 Å². The van der Waals surface area contributed by atoms with Gasteiger partial charge in [0.1, 0.15) is 5.60 Å². The van der Waals surface area contributed by atoms with Crippen LogP contribution >= 0.6 is 15.9 Å². The molecule has 0 saturated carbocycles. The summed E-state index contributed by atoms with van der Waals surface area (Å²) in [5.74, 6) is 0. The molecule has 0 aromatic carbocycles. The summed E-state index contributed by atoms with van der Waals surface area (Å²) in [4.78, 5) is 11.6. The quantitative estimate of drug-likeness (QED) is 0.714. The van der Waals surface area contributed by atoms with Crippen molar-refractivity contribution in [1.82, 2.24) is 5.32 Å². The number of halogens is 1. The SMILES string of the molecule is COC(C)(C)COC(C)(CBr)CNC(=O)OC(C)(C)C. The number of methoxy groups -OCH3 is 1. The first-order valence-corrected chi connectivity index (χ1v) is 7.77. The predicted octanol–water partition coefficient (Wildman–Crippen LogP) is 3.11. The highest BCUT2D eigenvalue weighted by atomic mass is 79.9. The van der Waals surface area contributed by atoms with Gasteiger partial charge in [0.15, 0.2) is 0 Å². The number of nitrogens with one attached hydrogen (secondary N) is 1. The first-order chi connectivity index (χ1) is 8.93. The first-order valence-electron chi connectivity index (χ1n) is 6.65. The molecule has 120 valence electrons. The van der Waals surface area contributed by atoms with Gasteiger partial charge in [-0.05, 0) is 41.5 Å². The normalized spacial score (nSPS) is 15.6. The van der Waals surface area contributed by atoms with Crippen molar-refractivity contribution in [2.45, 2.75) is 58.3 Å². The molecule has 0 heterocycles. The van der Waals surface area contributed by atoms with Crippen LogP contribution < -0.4 is 5.32 Å². The van der Waals surface area contributed by atoms with Crippen LogP contribution in [0.25, 0.3) is 0 Å². The summed E-state index contributed by atoms with van der Waals surface area (Å²) in [6.07, 6.45) is -0.445. The maximum absolute atomic E-state index is 11.6. The van der Waals surface area contributed by atoms with E-state index in [9.17, 15) is 4.79 Å². The zero-order valence-electron chi connectivity index (χ0n) is 13.6. The second-order valence-corrected chi connectivity index (χ2v) is 7.25. The molecule has 0 aliphatic heterocycles. The monoisotopic (exact) mass is 353 g/mol. The molecule has 1 N–H and O–H groups in total. The third-order valence-electron chi connectivity index (χ3n) is 2.61. The van der Waals surface area contributed by atoms with Gasteiger partial charge in [0.25, 0.3) is 0 Å². The fraction of sp³-hybridized carbons (Fsp3) is 0.929. The Morgan fingerprint density at radius 2 is 1.70 bits per heavy atom. The fourth-order valence-corrected chi connectivity index (χ4v) is 1.48. The number of rotatable bonds is 7. The van der Waals surface area contributed by atoms with Gasteiger partial charge in [0, 0.05) is 12.4 Å². The van der Waals surface area contributed by atoms with Crippen LogP contribution in [0.15, 0.2) is 0 Å². The molecule has 0 aliphatic carbocycles. The van der Waals surface area contributed by atoms with E-state index >= 15 is 0 Å². The molecule has 1 atom stereocenters. The van der Waals surface area contributed by atoms with Gasteiger partial charge in [0.2, 0.25) is 0 Å². The minimum atomic E-state index is -0.521. The summed E-state index contributed by atoms with van der Waals surface area (Å²) in [7, 11) is 1.65. The largest absolute Gasteiger partial charge is 0.444 e. The third-order valence-corrected chi connectivity index (χ3v) is 3.80. The lowest BCUT2D eigenvalue weighted by Gasteiger charge is -2.33. The van der Waals surface area contributed by atoms with Gasteiger partial charge in [-0.3, -0.25) is 0 Å². The van der Waals surface area contributed by atoms with Crippen molar-refractivity contribution in [3.63, 3.8) is 0 Å². The lowest BCUT2D eigenvalue weighted by Crippen LogP contribution is -2.47. The number of carbonyl (C=O) groups is 1. The van der Waals surface area contributed by atoms with E-state index in [4.69, 9.17) is 14.2 Å². The van der Waals surface area contributed by atoms with Gasteiger partial charge in [-0.1, -0.05) is 15.9 Å². The Labute approximate surface area is 130 Å². The van der Waals surface area contributed by atoms with Gasteiger partial charge < -0.3 is 19.5 Å². The van der Waals surface area contributed by atoms with Crippen molar-refractivity contribution in [2.75, 3.05) is 25.6 Å². The third kappa shape index (κ3) is 8.76. The zero-order chi connectivity index (χ0) is 16.0. The molecule has 0 aromatic heterocycles. The Hall–Kier alpha value is -0.330. The summed E-state index contributed by atoms with van der Waals surface area (Å²) in [6.45, 7) is 12.1. The highest BCUT2D eigenvalue weighted by Gasteiger charge is 2.29. The molecule has 0 saturated heterocycles. The van der Waals surface area contributed by atoms with Gasteiger partial charge >= 0.3 is 6.09 Å². The van der Waals surface area contributed by atoms with Gasteiger partial charge in [0.05, 0.1) is 24.4 Å². The molecular weight excluding hydrogens is 326 g/mol. The molecule has 0 rings (SSSR count). The summed E-state index contributed by atoms with van der Waals surface area (Å²) in [6, 6.07) is 0. The molecule has 6 heteroatoms. The number of amides is 1. The highest BCUT2D eigenvalue weighted by Crippen LogP contribution is 2.18. The maximum Gasteiger partial charge on any atom is 0.407 e. The minimum absolute atomic E-state index is 0.354. The molecule has 0 spiro atoms. The average Bonchev–Trinajstić information content (AvgIpc) is 2.32. The van der Waals surface area contributed by atoms with Crippen LogP contribution in [0.2, 0.25) is 0 Å². The van der Waals surface area contributed by atoms with E-state index in [1.54, 1.807) is 7.11 Å². The van der Waals surface area contributed by atoms with Gasteiger partial charge in [-0.2, -0.15) is 0 Å². The fourth-order valence-electron chi connectivity index (χ4n) is 1.12. The number of hydrogen-bond acceptors (Lipinski definition) is 4. The molecule has 5 nitrogen and oxygen atoms in total. The molecule has 0 fully saturated rings. The van der Waals surface area contributed by atoms with Crippen LogP contribution in [-0.2, 0) is 14.2 Å². The van der Waals surface area contributed by atoms with Gasteiger partial charge in [-0.25, -0.2) is 4.79 Å². The lowest BCUT2D eigenvalue weighted by atomic mass is 10.1. The van der Waals surface area contributed by atoms with E-state index < -0.39 is 17.3 Å². The Kier molecular flexibility index (Phi) is 7.49. The number of hydrogen-bond donors (Lipinski definition) is 1. The second-order valence-electron chi connectivity index (χ2n) is 6.69. The number of alkyl carbamates (subject to hydrolysis) is 1. The molecular formula is C14H28BrNO4. The Morgan fingerprint density at radius 1 is 1.15 bits per heavy atom. The first kappa shape index (κ1) is 19.7. The van der Waals surface area contributed by atoms with Crippen LogP contribution in [0.4, 0.5) is 4.79 Å². The number of alkyl halides is 1. The molecule has 1 amide bonds. The highest BCUT2D eigenvalue weighted by molar-refractivity contribution is 9.09. The molecule has 0 radical (unpaired) electrons. The lowest BCUT2D eigenvalue weighted by molar-refractivity contribution is -0.102. The van der Waals surface area contributed by atoms with E-state index in [1.165, 1.54) is 0 Å². The molecule has 0 bridgehead atoms. The summed E-state index contributed by atoms with van der Waals surface area (Å²) >= 11 is 3.42. The van der Waals surface area contributed by atoms with Crippen molar-refractivity contribution >= 4 is 22.0 Å². The van der Waals surface area contributed by atoms with Crippen LogP contribution in [0.5, 0.6) is 0 Å². The Balaban J connectivity index is 4.35. The van der Waals surface area contributed by atoms with Crippen molar-refractivity contribution in [3.8, 4) is 0 Å². The Bertz CT molecular complexity index is 315. The van der Waals surface area contributed by atoms with Crippen LogP contribution in [-0.4, -0.2) is 48.5 Å². The maximum atomic E-state index is 11.6. The second kappa shape index (κ2) is 7.61. The van der Waals surface area contributed by atoms with Crippen molar-refractivity contribution in [3.05, 3.63) is 0 Å². The van der Waals surface area contributed by atoms with E-state index in [0.29, 0.717) is 18.5 Å². The summed E-state index contributed by atoms with van der Waals surface area (Å²) in [5, 5.41) is 3.32. The van der Waals surface area contributed by atoms with Crippen molar-refractivity contribution in [2.24, 2.45) is 0 Å². The van der Waals surface area contributed by atoms with E-state index in [2.05, 4.69) is 21.2 Å². The zero-order valence-corrected chi connectivity index (χ0v) is 15.2. The predicted molar refractivity (Wildman–Crippen MR) is 83.5 cm³/mol. The van der Waals surface area contributed by atoms with Crippen LogP contribution in [0.1, 0.15) is 41.5 Å². The molecule has 1 unspecified atom stereocenters. The molecule has 0 aromatic rings. The van der Waals surface area contributed by atoms with Gasteiger partial charge in [-0.15, -0.1) is 0 Å². The summed E-state index contributed by atoms with van der Waals surface area (Å²) in [5.41, 5.74) is -1.39. The van der Waals surface area contributed by atoms with E-state index in [0.717, 1.165) is 0 Å². The standard InChI is InChI=1S/C14H28BrNO4/c1-12(2,3)20-11(17)16-9-14(6,8-15)19-10-13(4,5)18-7/h8-10H2,1-7H3,(H,16,17). The topological polar surface area (TPSA) is 56.8 Å². The summed E-state index contributed by atoms with van der Waals surface area (Å²) < 4.78 is 16.4.